The van der Waals surface area contributed by atoms with Crippen molar-refractivity contribution in [2.75, 3.05) is 31.6 Å². The van der Waals surface area contributed by atoms with Crippen LogP contribution in [0.1, 0.15) is 24.1 Å². The zero-order chi connectivity index (χ0) is 17.1. The van der Waals surface area contributed by atoms with E-state index in [2.05, 4.69) is 31.2 Å². The highest BCUT2D eigenvalue weighted by Crippen LogP contribution is 2.42. The molecular formula is C19H25N5O. The van der Waals surface area contributed by atoms with E-state index in [1.807, 2.05) is 37.6 Å². The van der Waals surface area contributed by atoms with Gasteiger partial charge in [-0.15, -0.1) is 0 Å². The van der Waals surface area contributed by atoms with Crippen molar-refractivity contribution >= 4 is 5.95 Å². The van der Waals surface area contributed by atoms with E-state index in [1.54, 1.807) is 0 Å². The van der Waals surface area contributed by atoms with Crippen LogP contribution in [0.15, 0.2) is 36.8 Å². The van der Waals surface area contributed by atoms with Crippen molar-refractivity contribution in [1.82, 2.24) is 19.9 Å². The van der Waals surface area contributed by atoms with E-state index in [4.69, 9.17) is 4.74 Å². The van der Waals surface area contributed by atoms with Gasteiger partial charge in [-0.1, -0.05) is 6.07 Å². The molecule has 2 aliphatic rings. The summed E-state index contributed by atoms with van der Waals surface area (Å²) < 4.78 is 6.15. The molecule has 0 aromatic carbocycles. The molecule has 6 nitrogen and oxygen atoms in total. The third-order valence-corrected chi connectivity index (χ3v) is 5.25. The summed E-state index contributed by atoms with van der Waals surface area (Å²) in [7, 11) is 0. The standard InChI is InChI=1S/C19H25N5O/c1-15-10-22-18(23-11-15)21-8-5-16-6-9-25-19(16)13-24(14-19)12-17-4-2-3-7-20-17/h2-4,7,10-11,16H,5-6,8-9,12-14H2,1H3,(H,21,22,23)/t16-/m1/s1. The molecule has 2 aromatic heterocycles. The van der Waals surface area contributed by atoms with Gasteiger partial charge in [-0.3, -0.25) is 9.88 Å². The number of nitrogens with one attached hydrogen (secondary N) is 1. The first-order valence-corrected chi connectivity index (χ1v) is 9.02. The summed E-state index contributed by atoms with van der Waals surface area (Å²) in [6.45, 7) is 6.69. The molecule has 4 heterocycles. The lowest BCUT2D eigenvalue weighted by molar-refractivity contribution is -0.136. The van der Waals surface area contributed by atoms with Crippen LogP contribution in [-0.2, 0) is 11.3 Å². The number of anilines is 1. The summed E-state index contributed by atoms with van der Waals surface area (Å²) in [4.78, 5) is 15.5. The summed E-state index contributed by atoms with van der Waals surface area (Å²) >= 11 is 0. The Morgan fingerprint density at radius 3 is 2.84 bits per heavy atom. The van der Waals surface area contributed by atoms with Gasteiger partial charge in [0.2, 0.25) is 5.95 Å². The van der Waals surface area contributed by atoms with Gasteiger partial charge in [0.25, 0.3) is 0 Å². The van der Waals surface area contributed by atoms with Gasteiger partial charge in [0.1, 0.15) is 0 Å². The summed E-state index contributed by atoms with van der Waals surface area (Å²) in [5, 5.41) is 3.33. The van der Waals surface area contributed by atoms with Crippen LogP contribution in [0.25, 0.3) is 0 Å². The van der Waals surface area contributed by atoms with Crippen molar-refractivity contribution in [1.29, 1.82) is 0 Å². The van der Waals surface area contributed by atoms with Crippen LogP contribution in [0.4, 0.5) is 5.95 Å². The van der Waals surface area contributed by atoms with Gasteiger partial charge in [-0.05, 0) is 43.4 Å². The quantitative estimate of drug-likeness (QED) is 0.871. The minimum Gasteiger partial charge on any atom is -0.372 e. The van der Waals surface area contributed by atoms with E-state index in [-0.39, 0.29) is 5.60 Å². The van der Waals surface area contributed by atoms with E-state index in [0.29, 0.717) is 11.9 Å². The zero-order valence-corrected chi connectivity index (χ0v) is 14.7. The lowest BCUT2D eigenvalue weighted by Crippen LogP contribution is -2.64. The van der Waals surface area contributed by atoms with E-state index < -0.39 is 0 Å². The number of likely N-dealkylation sites (tertiary alicyclic amines) is 1. The Balaban J connectivity index is 1.26. The molecule has 2 fully saturated rings. The molecule has 0 amide bonds. The molecule has 0 saturated carbocycles. The molecule has 132 valence electrons. The molecule has 0 aliphatic carbocycles. The molecule has 1 N–H and O–H groups in total. The van der Waals surface area contributed by atoms with Crippen LogP contribution in [0.5, 0.6) is 0 Å². The second kappa shape index (κ2) is 7.06. The first-order chi connectivity index (χ1) is 12.2. The number of rotatable bonds is 6. The molecule has 2 aromatic rings. The normalized spacial score (nSPS) is 22.0. The second-order valence-corrected chi connectivity index (χ2v) is 7.16. The number of ether oxygens (including phenoxy) is 1. The Hall–Kier alpha value is -2.05. The van der Waals surface area contributed by atoms with Crippen molar-refractivity contribution in [2.45, 2.75) is 31.9 Å². The molecular weight excluding hydrogens is 314 g/mol. The van der Waals surface area contributed by atoms with Crippen molar-refractivity contribution in [3.63, 3.8) is 0 Å². The Morgan fingerprint density at radius 1 is 1.24 bits per heavy atom. The monoisotopic (exact) mass is 339 g/mol. The van der Waals surface area contributed by atoms with Crippen LogP contribution in [0.2, 0.25) is 0 Å². The smallest absolute Gasteiger partial charge is 0.222 e. The summed E-state index contributed by atoms with van der Waals surface area (Å²) in [5.41, 5.74) is 2.26. The first kappa shape index (κ1) is 16.4. The topological polar surface area (TPSA) is 63.2 Å². The number of hydrogen-bond donors (Lipinski definition) is 1. The van der Waals surface area contributed by atoms with E-state index in [9.17, 15) is 0 Å². The van der Waals surface area contributed by atoms with Gasteiger partial charge in [0, 0.05) is 51.4 Å². The Kier molecular flexibility index (Phi) is 4.63. The molecule has 1 atom stereocenters. The predicted molar refractivity (Wildman–Crippen MR) is 96.2 cm³/mol. The van der Waals surface area contributed by atoms with Crippen molar-refractivity contribution in [3.05, 3.63) is 48.0 Å². The van der Waals surface area contributed by atoms with E-state index >= 15 is 0 Å². The fraction of sp³-hybridized carbons (Fsp3) is 0.526. The maximum Gasteiger partial charge on any atom is 0.222 e. The SMILES string of the molecule is Cc1cnc(NCC[C@@H]2CCOC23CN(Cc2ccccn2)C3)nc1. The molecule has 2 saturated heterocycles. The second-order valence-electron chi connectivity index (χ2n) is 7.16. The first-order valence-electron chi connectivity index (χ1n) is 9.02. The van der Waals surface area contributed by atoms with Gasteiger partial charge in [0.05, 0.1) is 11.3 Å². The minimum atomic E-state index is 0.0462. The van der Waals surface area contributed by atoms with E-state index in [1.165, 1.54) is 0 Å². The Bertz CT molecular complexity index is 685. The van der Waals surface area contributed by atoms with Crippen molar-refractivity contribution in [3.8, 4) is 0 Å². The van der Waals surface area contributed by atoms with Crippen LogP contribution >= 0.6 is 0 Å². The van der Waals surface area contributed by atoms with Crippen LogP contribution in [-0.4, -0.2) is 51.7 Å². The average Bonchev–Trinajstić information content (AvgIpc) is 3.01. The third-order valence-electron chi connectivity index (χ3n) is 5.25. The molecule has 25 heavy (non-hydrogen) atoms. The average molecular weight is 339 g/mol. The molecule has 0 bridgehead atoms. The number of hydrogen-bond acceptors (Lipinski definition) is 6. The van der Waals surface area contributed by atoms with Gasteiger partial charge in [0.15, 0.2) is 0 Å². The number of aromatic nitrogens is 3. The van der Waals surface area contributed by atoms with Crippen LogP contribution in [0.3, 0.4) is 0 Å². The maximum atomic E-state index is 6.15. The van der Waals surface area contributed by atoms with Gasteiger partial charge in [-0.25, -0.2) is 9.97 Å². The molecule has 4 rings (SSSR count). The fourth-order valence-corrected chi connectivity index (χ4v) is 3.93. The molecule has 0 unspecified atom stereocenters. The number of aryl methyl sites for hydroxylation is 1. The largest absolute Gasteiger partial charge is 0.372 e. The molecule has 2 aliphatic heterocycles. The van der Waals surface area contributed by atoms with Gasteiger partial charge >= 0.3 is 0 Å². The number of pyridine rings is 1. The minimum absolute atomic E-state index is 0.0462. The lowest BCUT2D eigenvalue weighted by atomic mass is 9.79. The zero-order valence-electron chi connectivity index (χ0n) is 14.7. The highest BCUT2D eigenvalue weighted by molar-refractivity contribution is 5.24. The highest BCUT2D eigenvalue weighted by atomic mass is 16.5. The molecule has 1 spiro atoms. The van der Waals surface area contributed by atoms with Crippen LogP contribution in [0, 0.1) is 12.8 Å². The summed E-state index contributed by atoms with van der Waals surface area (Å²) in [5.74, 6) is 1.31. The molecule has 6 heteroatoms. The van der Waals surface area contributed by atoms with Gasteiger partial charge < -0.3 is 10.1 Å². The maximum absolute atomic E-state index is 6.15. The Labute approximate surface area is 148 Å². The van der Waals surface area contributed by atoms with E-state index in [0.717, 1.165) is 56.9 Å². The Morgan fingerprint density at radius 2 is 2.08 bits per heavy atom. The third kappa shape index (κ3) is 3.65. The van der Waals surface area contributed by atoms with Crippen molar-refractivity contribution < 1.29 is 4.74 Å². The predicted octanol–water partition coefficient (Wildman–Crippen LogP) is 2.27. The lowest BCUT2D eigenvalue weighted by Gasteiger charge is -2.50. The van der Waals surface area contributed by atoms with Gasteiger partial charge in [-0.2, -0.15) is 0 Å². The number of nitrogens with zero attached hydrogens (tertiary/aromatic N) is 4. The van der Waals surface area contributed by atoms with Crippen LogP contribution < -0.4 is 5.32 Å². The fourth-order valence-electron chi connectivity index (χ4n) is 3.93. The summed E-state index contributed by atoms with van der Waals surface area (Å²) in [6, 6.07) is 6.09. The summed E-state index contributed by atoms with van der Waals surface area (Å²) in [6.07, 6.45) is 7.79. The molecule has 0 radical (unpaired) electrons. The highest BCUT2D eigenvalue weighted by Gasteiger charge is 2.52. The van der Waals surface area contributed by atoms with Crippen molar-refractivity contribution in [2.24, 2.45) is 5.92 Å².